The standard InChI is InChI=1S/C21H28N6O/c1-22-21(27-10-11-28-20(16-27)18-14-24-25(2)15-18)23-13-17-6-5-7-19(12-17)26-8-3-4-9-26/h3-7,12,14-15,20H,8-11,13,16H2,1-2H3,(H,22,23). The third kappa shape index (κ3) is 4.20. The summed E-state index contributed by atoms with van der Waals surface area (Å²) < 4.78 is 7.76. The molecule has 2 aliphatic rings. The predicted octanol–water partition coefficient (Wildman–Crippen LogP) is 1.95. The first-order chi connectivity index (χ1) is 13.7. The van der Waals surface area contributed by atoms with Gasteiger partial charge in [-0.15, -0.1) is 0 Å². The van der Waals surface area contributed by atoms with Gasteiger partial charge in [-0.05, 0) is 17.7 Å². The van der Waals surface area contributed by atoms with Gasteiger partial charge in [-0.25, -0.2) is 0 Å². The summed E-state index contributed by atoms with van der Waals surface area (Å²) >= 11 is 0. The Morgan fingerprint density at radius 1 is 1.32 bits per heavy atom. The molecule has 148 valence electrons. The van der Waals surface area contributed by atoms with Crippen LogP contribution in [0.3, 0.4) is 0 Å². The zero-order valence-electron chi connectivity index (χ0n) is 16.6. The molecule has 28 heavy (non-hydrogen) atoms. The fourth-order valence-electron chi connectivity index (χ4n) is 3.72. The number of ether oxygens (including phenoxy) is 1. The van der Waals surface area contributed by atoms with Gasteiger partial charge in [-0.1, -0.05) is 24.3 Å². The molecule has 1 atom stereocenters. The van der Waals surface area contributed by atoms with Crippen LogP contribution in [0.25, 0.3) is 0 Å². The zero-order valence-corrected chi connectivity index (χ0v) is 16.6. The quantitative estimate of drug-likeness (QED) is 0.499. The van der Waals surface area contributed by atoms with Crippen molar-refractivity contribution < 1.29 is 4.74 Å². The van der Waals surface area contributed by atoms with Crippen LogP contribution in [0.15, 0.2) is 53.8 Å². The Bertz CT molecular complexity index is 850. The first-order valence-electron chi connectivity index (χ1n) is 9.77. The van der Waals surface area contributed by atoms with E-state index in [0.717, 1.165) is 44.2 Å². The minimum absolute atomic E-state index is 0.0204. The van der Waals surface area contributed by atoms with Gasteiger partial charge in [0.05, 0.1) is 19.3 Å². The largest absolute Gasteiger partial charge is 0.370 e. The van der Waals surface area contributed by atoms with Gasteiger partial charge >= 0.3 is 0 Å². The van der Waals surface area contributed by atoms with Crippen LogP contribution in [0.4, 0.5) is 5.69 Å². The van der Waals surface area contributed by atoms with Gasteiger partial charge in [0.15, 0.2) is 5.96 Å². The van der Waals surface area contributed by atoms with E-state index in [1.807, 2.05) is 31.2 Å². The van der Waals surface area contributed by atoms with Crippen LogP contribution in [-0.2, 0) is 18.3 Å². The minimum atomic E-state index is 0.0204. The van der Waals surface area contributed by atoms with Crippen molar-refractivity contribution in [3.05, 3.63) is 59.9 Å². The SMILES string of the molecule is CN=C(NCc1cccc(N2CC=CC2)c1)N1CCOC(c2cnn(C)c2)C1. The molecule has 3 heterocycles. The highest BCUT2D eigenvalue weighted by Crippen LogP contribution is 2.22. The predicted molar refractivity (Wildman–Crippen MR) is 111 cm³/mol. The molecule has 7 nitrogen and oxygen atoms in total. The highest BCUT2D eigenvalue weighted by molar-refractivity contribution is 5.80. The maximum atomic E-state index is 5.95. The van der Waals surface area contributed by atoms with Crippen molar-refractivity contribution in [2.75, 3.05) is 44.7 Å². The van der Waals surface area contributed by atoms with Crippen LogP contribution in [0.5, 0.6) is 0 Å². The average Bonchev–Trinajstić information content (AvgIpc) is 3.41. The van der Waals surface area contributed by atoms with Crippen molar-refractivity contribution in [2.24, 2.45) is 12.0 Å². The number of aromatic nitrogens is 2. The highest BCUT2D eigenvalue weighted by atomic mass is 16.5. The lowest BCUT2D eigenvalue weighted by Gasteiger charge is -2.34. The topological polar surface area (TPSA) is 57.9 Å². The third-order valence-electron chi connectivity index (χ3n) is 5.22. The summed E-state index contributed by atoms with van der Waals surface area (Å²) in [4.78, 5) is 9.11. The van der Waals surface area contributed by atoms with E-state index in [9.17, 15) is 0 Å². The molecule has 7 heteroatoms. The van der Waals surface area contributed by atoms with Gasteiger partial charge in [0, 0.05) is 57.7 Å². The molecule has 0 radical (unpaired) electrons. The van der Waals surface area contributed by atoms with Crippen molar-refractivity contribution in [1.82, 2.24) is 20.0 Å². The molecule has 1 N–H and O–H groups in total. The number of aryl methyl sites for hydroxylation is 1. The van der Waals surface area contributed by atoms with Crippen LogP contribution in [-0.4, -0.2) is 60.5 Å². The first kappa shape index (κ1) is 18.6. The number of hydrogen-bond donors (Lipinski definition) is 1. The van der Waals surface area contributed by atoms with Crippen LogP contribution >= 0.6 is 0 Å². The van der Waals surface area contributed by atoms with Crippen molar-refractivity contribution in [3.63, 3.8) is 0 Å². The number of anilines is 1. The minimum Gasteiger partial charge on any atom is -0.370 e. The maximum absolute atomic E-state index is 5.95. The van der Waals surface area contributed by atoms with Gasteiger partial charge in [-0.2, -0.15) is 5.10 Å². The molecule has 1 aromatic carbocycles. The summed E-state index contributed by atoms with van der Waals surface area (Å²) in [7, 11) is 3.76. The molecule has 1 saturated heterocycles. The highest BCUT2D eigenvalue weighted by Gasteiger charge is 2.25. The van der Waals surface area contributed by atoms with Gasteiger partial charge in [0.2, 0.25) is 0 Å². The number of guanidine groups is 1. The number of aliphatic imine (C=N–C) groups is 1. The molecular formula is C21H28N6O. The van der Waals surface area contributed by atoms with E-state index >= 15 is 0 Å². The van der Waals surface area contributed by atoms with Gasteiger partial charge < -0.3 is 19.9 Å². The van der Waals surface area contributed by atoms with E-state index in [0.29, 0.717) is 6.61 Å². The number of benzene rings is 1. The second-order valence-electron chi connectivity index (χ2n) is 7.20. The lowest BCUT2D eigenvalue weighted by Crippen LogP contribution is -2.47. The van der Waals surface area contributed by atoms with Gasteiger partial charge in [-0.3, -0.25) is 9.67 Å². The summed E-state index contributed by atoms with van der Waals surface area (Å²) in [5, 5.41) is 7.78. The number of morpholine rings is 1. The van der Waals surface area contributed by atoms with E-state index in [1.54, 1.807) is 0 Å². The molecule has 1 aromatic heterocycles. The molecule has 0 saturated carbocycles. The Morgan fingerprint density at radius 2 is 2.18 bits per heavy atom. The molecule has 2 aromatic rings. The van der Waals surface area contributed by atoms with Crippen LogP contribution < -0.4 is 10.2 Å². The summed E-state index contributed by atoms with van der Waals surface area (Å²) in [5.41, 5.74) is 3.62. The molecule has 1 fully saturated rings. The summed E-state index contributed by atoms with van der Waals surface area (Å²) in [5.74, 6) is 0.908. The Labute approximate surface area is 166 Å². The number of nitrogens with zero attached hydrogens (tertiary/aromatic N) is 5. The van der Waals surface area contributed by atoms with E-state index < -0.39 is 0 Å². The van der Waals surface area contributed by atoms with Gasteiger partial charge in [0.25, 0.3) is 0 Å². The van der Waals surface area contributed by atoms with Crippen molar-refractivity contribution in [1.29, 1.82) is 0 Å². The molecule has 0 amide bonds. The normalized spacial score (nSPS) is 20.1. The molecule has 0 spiro atoms. The number of rotatable bonds is 4. The summed E-state index contributed by atoms with van der Waals surface area (Å²) in [6.07, 6.45) is 8.34. The van der Waals surface area contributed by atoms with E-state index in [-0.39, 0.29) is 6.10 Å². The molecule has 2 aliphatic heterocycles. The van der Waals surface area contributed by atoms with Crippen LogP contribution in [0, 0.1) is 0 Å². The Kier molecular flexibility index (Phi) is 5.62. The lowest BCUT2D eigenvalue weighted by molar-refractivity contribution is -0.00805. The number of nitrogens with one attached hydrogen (secondary N) is 1. The third-order valence-corrected chi connectivity index (χ3v) is 5.22. The Morgan fingerprint density at radius 3 is 2.93 bits per heavy atom. The Hall–Kier alpha value is -2.80. The first-order valence-corrected chi connectivity index (χ1v) is 9.77. The smallest absolute Gasteiger partial charge is 0.194 e. The molecule has 0 bridgehead atoms. The fraction of sp³-hybridized carbons (Fsp3) is 0.429. The average molecular weight is 380 g/mol. The van der Waals surface area contributed by atoms with Crippen LogP contribution in [0.1, 0.15) is 17.2 Å². The summed E-state index contributed by atoms with van der Waals surface area (Å²) in [6.45, 7) is 5.00. The van der Waals surface area contributed by atoms with Crippen LogP contribution in [0.2, 0.25) is 0 Å². The molecular weight excluding hydrogens is 352 g/mol. The molecule has 1 unspecified atom stereocenters. The van der Waals surface area contributed by atoms with Crippen molar-refractivity contribution in [2.45, 2.75) is 12.6 Å². The molecule has 4 rings (SSSR count). The van der Waals surface area contributed by atoms with Crippen molar-refractivity contribution in [3.8, 4) is 0 Å². The monoisotopic (exact) mass is 380 g/mol. The van der Waals surface area contributed by atoms with E-state index in [4.69, 9.17) is 4.74 Å². The van der Waals surface area contributed by atoms with Crippen molar-refractivity contribution >= 4 is 11.6 Å². The maximum Gasteiger partial charge on any atom is 0.194 e. The van der Waals surface area contributed by atoms with E-state index in [2.05, 4.69) is 61.6 Å². The second-order valence-corrected chi connectivity index (χ2v) is 7.20. The second kappa shape index (κ2) is 8.48. The lowest BCUT2D eigenvalue weighted by atomic mass is 10.1. The van der Waals surface area contributed by atoms with E-state index in [1.165, 1.54) is 11.3 Å². The Balaban J connectivity index is 1.37. The fourth-order valence-corrected chi connectivity index (χ4v) is 3.72. The molecule has 0 aliphatic carbocycles. The van der Waals surface area contributed by atoms with Gasteiger partial charge in [0.1, 0.15) is 6.10 Å². The summed E-state index contributed by atoms with van der Waals surface area (Å²) in [6, 6.07) is 8.71. The number of hydrogen-bond acceptors (Lipinski definition) is 4. The zero-order chi connectivity index (χ0) is 19.3.